The smallest absolute Gasteiger partial charge is 0.160 e. The van der Waals surface area contributed by atoms with Crippen molar-refractivity contribution in [3.8, 4) is 0 Å². The van der Waals surface area contributed by atoms with Gasteiger partial charge >= 0.3 is 0 Å². The number of fused-ring (bicyclic) bond motifs is 1. The summed E-state index contributed by atoms with van der Waals surface area (Å²) in [6.07, 6.45) is 2.05. The van der Waals surface area contributed by atoms with Gasteiger partial charge in [0.1, 0.15) is 0 Å². The largest absolute Gasteiger partial charge is 0.294 e. The van der Waals surface area contributed by atoms with Crippen molar-refractivity contribution in [2.45, 2.75) is 40.5 Å². The minimum absolute atomic E-state index is 0.167. The molecule has 0 atom stereocenters. The molecule has 0 aromatic heterocycles. The molecule has 0 N–H and O–H groups in total. The molecular formula is C18H22O. The SMILES string of the molecule is CC(=O)c1c(CCC(C)(C)C)ccc2ccccc12. The van der Waals surface area contributed by atoms with Gasteiger partial charge in [-0.3, -0.25) is 4.79 Å². The van der Waals surface area contributed by atoms with Crippen molar-refractivity contribution in [3.63, 3.8) is 0 Å². The van der Waals surface area contributed by atoms with E-state index in [0.29, 0.717) is 5.41 Å². The quantitative estimate of drug-likeness (QED) is 0.703. The molecule has 2 aromatic carbocycles. The van der Waals surface area contributed by atoms with Gasteiger partial charge in [-0.15, -0.1) is 0 Å². The molecular weight excluding hydrogens is 232 g/mol. The van der Waals surface area contributed by atoms with E-state index in [-0.39, 0.29) is 5.78 Å². The molecule has 1 nitrogen and oxygen atoms in total. The fraction of sp³-hybridized carbons (Fsp3) is 0.389. The van der Waals surface area contributed by atoms with Crippen LogP contribution in [0.3, 0.4) is 0 Å². The Morgan fingerprint density at radius 2 is 1.74 bits per heavy atom. The highest BCUT2D eigenvalue weighted by Crippen LogP contribution is 2.27. The Morgan fingerprint density at radius 3 is 2.37 bits per heavy atom. The van der Waals surface area contributed by atoms with E-state index in [1.54, 1.807) is 6.92 Å². The Kier molecular flexibility index (Phi) is 3.75. The van der Waals surface area contributed by atoms with Crippen LogP contribution < -0.4 is 0 Å². The Balaban J connectivity index is 2.49. The number of hydrogen-bond acceptors (Lipinski definition) is 1. The topological polar surface area (TPSA) is 17.1 Å². The molecule has 1 heteroatoms. The second kappa shape index (κ2) is 5.16. The average Bonchev–Trinajstić information content (AvgIpc) is 2.34. The maximum Gasteiger partial charge on any atom is 0.160 e. The molecule has 2 aromatic rings. The maximum atomic E-state index is 12.0. The highest BCUT2D eigenvalue weighted by molar-refractivity contribution is 6.08. The van der Waals surface area contributed by atoms with E-state index >= 15 is 0 Å². The molecule has 0 fully saturated rings. The molecule has 0 unspecified atom stereocenters. The molecule has 0 heterocycles. The first-order chi connectivity index (χ1) is 8.88. The van der Waals surface area contributed by atoms with Crippen molar-refractivity contribution < 1.29 is 4.79 Å². The van der Waals surface area contributed by atoms with E-state index < -0.39 is 0 Å². The Morgan fingerprint density at radius 1 is 1.05 bits per heavy atom. The fourth-order valence-electron chi connectivity index (χ4n) is 2.45. The summed E-state index contributed by atoms with van der Waals surface area (Å²) in [6.45, 7) is 8.38. The van der Waals surface area contributed by atoms with Gasteiger partial charge in [0.05, 0.1) is 0 Å². The summed E-state index contributed by atoms with van der Waals surface area (Å²) in [5.41, 5.74) is 2.38. The Labute approximate surface area is 115 Å². The van der Waals surface area contributed by atoms with Crippen molar-refractivity contribution in [1.82, 2.24) is 0 Å². The van der Waals surface area contributed by atoms with Crippen LogP contribution in [0.1, 0.15) is 50.0 Å². The standard InChI is InChI=1S/C18H22O/c1-13(19)17-15(11-12-18(2,3)4)10-9-14-7-5-6-8-16(14)17/h5-10H,11-12H2,1-4H3. The predicted molar refractivity (Wildman–Crippen MR) is 81.7 cm³/mol. The van der Waals surface area contributed by atoms with Crippen LogP contribution >= 0.6 is 0 Å². The zero-order valence-corrected chi connectivity index (χ0v) is 12.3. The normalized spacial score (nSPS) is 11.8. The first-order valence-electron chi connectivity index (χ1n) is 6.90. The molecule has 19 heavy (non-hydrogen) atoms. The van der Waals surface area contributed by atoms with Crippen LogP contribution in [0, 0.1) is 5.41 Å². The van der Waals surface area contributed by atoms with Crippen molar-refractivity contribution in [3.05, 3.63) is 47.5 Å². The van der Waals surface area contributed by atoms with Gasteiger partial charge < -0.3 is 0 Å². The zero-order chi connectivity index (χ0) is 14.0. The van der Waals surface area contributed by atoms with Crippen molar-refractivity contribution in [2.75, 3.05) is 0 Å². The minimum Gasteiger partial charge on any atom is -0.294 e. The fourth-order valence-corrected chi connectivity index (χ4v) is 2.45. The van der Waals surface area contributed by atoms with Crippen LogP contribution in [0.25, 0.3) is 10.8 Å². The third kappa shape index (κ3) is 3.23. The third-order valence-corrected chi connectivity index (χ3v) is 3.51. The van der Waals surface area contributed by atoms with Crippen molar-refractivity contribution >= 4 is 16.6 Å². The zero-order valence-electron chi connectivity index (χ0n) is 12.3. The second-order valence-corrected chi connectivity index (χ2v) is 6.44. The number of benzene rings is 2. The van der Waals surface area contributed by atoms with Crippen LogP contribution in [0.5, 0.6) is 0 Å². The minimum atomic E-state index is 0.167. The Hall–Kier alpha value is -1.63. The molecule has 0 bridgehead atoms. The monoisotopic (exact) mass is 254 g/mol. The van der Waals surface area contributed by atoms with Gasteiger partial charge in [0.15, 0.2) is 5.78 Å². The van der Waals surface area contributed by atoms with E-state index in [1.807, 2.05) is 18.2 Å². The van der Waals surface area contributed by atoms with Gasteiger partial charge in [-0.25, -0.2) is 0 Å². The number of rotatable bonds is 3. The van der Waals surface area contributed by atoms with Crippen LogP contribution in [-0.2, 0) is 6.42 Å². The van der Waals surface area contributed by atoms with Gasteiger partial charge in [0, 0.05) is 5.56 Å². The first kappa shape index (κ1) is 13.8. The van der Waals surface area contributed by atoms with E-state index in [0.717, 1.165) is 29.2 Å². The summed E-state index contributed by atoms with van der Waals surface area (Å²) in [5.74, 6) is 0.167. The number of carbonyl (C=O) groups excluding carboxylic acids is 1. The van der Waals surface area contributed by atoms with Gasteiger partial charge in [-0.05, 0) is 41.5 Å². The lowest BCUT2D eigenvalue weighted by molar-refractivity contribution is 0.101. The molecule has 0 amide bonds. The van der Waals surface area contributed by atoms with Gasteiger partial charge in [-0.2, -0.15) is 0 Å². The molecule has 2 rings (SSSR count). The molecule has 0 spiro atoms. The summed E-state index contributed by atoms with van der Waals surface area (Å²) in [5, 5.41) is 2.23. The number of ketones is 1. The van der Waals surface area contributed by atoms with Crippen LogP contribution in [-0.4, -0.2) is 5.78 Å². The first-order valence-corrected chi connectivity index (χ1v) is 6.90. The van der Waals surface area contributed by atoms with E-state index in [9.17, 15) is 4.79 Å². The van der Waals surface area contributed by atoms with E-state index in [1.165, 1.54) is 5.56 Å². The molecule has 0 saturated carbocycles. The number of hydrogen-bond donors (Lipinski definition) is 0. The summed E-state index contributed by atoms with van der Waals surface area (Å²) in [7, 11) is 0. The van der Waals surface area contributed by atoms with Gasteiger partial charge in [0.25, 0.3) is 0 Å². The number of Topliss-reactive ketones (excluding diaryl/α,β-unsaturated/α-hetero) is 1. The second-order valence-electron chi connectivity index (χ2n) is 6.44. The predicted octanol–water partition coefficient (Wildman–Crippen LogP) is 5.02. The summed E-state index contributed by atoms with van der Waals surface area (Å²) < 4.78 is 0. The molecule has 0 saturated heterocycles. The van der Waals surface area contributed by atoms with E-state index in [4.69, 9.17) is 0 Å². The van der Waals surface area contributed by atoms with Gasteiger partial charge in [-0.1, -0.05) is 57.2 Å². The lowest BCUT2D eigenvalue weighted by Gasteiger charge is -2.19. The van der Waals surface area contributed by atoms with Gasteiger partial charge in [0.2, 0.25) is 0 Å². The molecule has 100 valence electrons. The summed E-state index contributed by atoms with van der Waals surface area (Å²) >= 11 is 0. The molecule has 0 aliphatic carbocycles. The lowest BCUT2D eigenvalue weighted by Crippen LogP contribution is -2.09. The van der Waals surface area contributed by atoms with Crippen molar-refractivity contribution in [1.29, 1.82) is 0 Å². The number of aryl methyl sites for hydroxylation is 1. The van der Waals surface area contributed by atoms with Crippen molar-refractivity contribution in [2.24, 2.45) is 5.41 Å². The summed E-state index contributed by atoms with van der Waals surface area (Å²) in [4.78, 5) is 12.0. The van der Waals surface area contributed by atoms with Crippen LogP contribution in [0.4, 0.5) is 0 Å². The molecule has 0 aliphatic rings. The van der Waals surface area contributed by atoms with Crippen LogP contribution in [0.2, 0.25) is 0 Å². The Bertz CT molecular complexity index is 603. The average molecular weight is 254 g/mol. The summed E-state index contributed by atoms with van der Waals surface area (Å²) in [6, 6.07) is 12.4. The van der Waals surface area contributed by atoms with E-state index in [2.05, 4.69) is 39.0 Å². The molecule has 0 radical (unpaired) electrons. The third-order valence-electron chi connectivity index (χ3n) is 3.51. The molecule has 0 aliphatic heterocycles. The van der Waals surface area contributed by atoms with Crippen LogP contribution in [0.15, 0.2) is 36.4 Å². The highest BCUT2D eigenvalue weighted by atomic mass is 16.1. The highest BCUT2D eigenvalue weighted by Gasteiger charge is 2.15. The maximum absolute atomic E-state index is 12.0. The number of carbonyl (C=O) groups is 1. The lowest BCUT2D eigenvalue weighted by atomic mass is 9.86.